The van der Waals surface area contributed by atoms with Crippen molar-refractivity contribution >= 4 is 0 Å². The maximum atomic E-state index is 3.69. The molecular formula is C31H37. The number of aryl methyl sites for hydroxylation is 1. The smallest absolute Gasteiger partial charge is 0.0221 e. The largest absolute Gasteiger partial charge is 0.0654 e. The average Bonchev–Trinajstić information content (AvgIpc) is 3.11. The summed E-state index contributed by atoms with van der Waals surface area (Å²) in [4.78, 5) is 0. The molecule has 1 radical (unpaired) electrons. The summed E-state index contributed by atoms with van der Waals surface area (Å²) in [6.07, 6.45) is 11.2. The second-order valence-corrected chi connectivity index (χ2v) is 9.28. The van der Waals surface area contributed by atoms with Crippen LogP contribution in [0.3, 0.4) is 0 Å². The highest BCUT2D eigenvalue weighted by atomic mass is 14.5. The van der Waals surface area contributed by atoms with E-state index < -0.39 is 0 Å². The monoisotopic (exact) mass is 409 g/mol. The maximum absolute atomic E-state index is 3.69. The third-order valence-electron chi connectivity index (χ3n) is 7.18. The lowest BCUT2D eigenvalue weighted by Crippen LogP contribution is -2.26. The van der Waals surface area contributed by atoms with E-state index >= 15 is 0 Å². The van der Waals surface area contributed by atoms with Gasteiger partial charge in [-0.1, -0.05) is 114 Å². The third kappa shape index (κ3) is 4.10. The van der Waals surface area contributed by atoms with Gasteiger partial charge in [0.15, 0.2) is 0 Å². The minimum absolute atomic E-state index is 0.117. The molecule has 1 aliphatic rings. The van der Waals surface area contributed by atoms with Gasteiger partial charge < -0.3 is 0 Å². The summed E-state index contributed by atoms with van der Waals surface area (Å²) in [6.45, 7) is 6.91. The van der Waals surface area contributed by atoms with E-state index in [-0.39, 0.29) is 5.41 Å². The van der Waals surface area contributed by atoms with Crippen molar-refractivity contribution in [1.82, 2.24) is 0 Å². The topological polar surface area (TPSA) is 0 Å². The summed E-state index contributed by atoms with van der Waals surface area (Å²) < 4.78 is 0. The first-order valence-corrected chi connectivity index (χ1v) is 12.5. The quantitative estimate of drug-likeness (QED) is 0.313. The molecule has 161 valence electrons. The van der Waals surface area contributed by atoms with Gasteiger partial charge in [0.1, 0.15) is 0 Å². The molecule has 0 amide bonds. The van der Waals surface area contributed by atoms with Crippen LogP contribution in [-0.4, -0.2) is 0 Å². The van der Waals surface area contributed by atoms with Crippen LogP contribution in [-0.2, 0) is 11.8 Å². The summed E-state index contributed by atoms with van der Waals surface area (Å²) in [6, 6.07) is 26.7. The van der Waals surface area contributed by atoms with E-state index in [0.29, 0.717) is 0 Å². The zero-order chi connectivity index (χ0) is 21.7. The molecule has 3 aromatic rings. The Hall–Kier alpha value is -2.34. The molecule has 0 atom stereocenters. The molecule has 0 N–H and O–H groups in total. The van der Waals surface area contributed by atoms with Crippen LogP contribution in [0.1, 0.15) is 88.8 Å². The highest BCUT2D eigenvalue weighted by Gasteiger charge is 2.43. The Morgan fingerprint density at radius 1 is 0.710 bits per heavy atom. The normalized spacial score (nSPS) is 13.8. The average molecular weight is 410 g/mol. The van der Waals surface area contributed by atoms with E-state index in [4.69, 9.17) is 0 Å². The summed E-state index contributed by atoms with van der Waals surface area (Å²) in [5.41, 5.74) is 10.2. The third-order valence-corrected chi connectivity index (χ3v) is 7.18. The second-order valence-electron chi connectivity index (χ2n) is 9.28. The van der Waals surface area contributed by atoms with Crippen LogP contribution in [0.2, 0.25) is 0 Å². The van der Waals surface area contributed by atoms with Crippen molar-refractivity contribution in [1.29, 1.82) is 0 Å². The van der Waals surface area contributed by atoms with Crippen LogP contribution in [0.15, 0.2) is 60.7 Å². The van der Waals surface area contributed by atoms with Gasteiger partial charge in [0.05, 0.1) is 0 Å². The van der Waals surface area contributed by atoms with Gasteiger partial charge in [-0.3, -0.25) is 0 Å². The maximum Gasteiger partial charge on any atom is 0.0221 e. The minimum Gasteiger partial charge on any atom is -0.0654 e. The molecule has 0 heterocycles. The zero-order valence-corrected chi connectivity index (χ0v) is 19.6. The van der Waals surface area contributed by atoms with E-state index in [1.165, 1.54) is 85.6 Å². The number of unbranched alkanes of at least 4 members (excludes halogenated alkanes) is 3. The van der Waals surface area contributed by atoms with Gasteiger partial charge >= 0.3 is 0 Å². The zero-order valence-electron chi connectivity index (χ0n) is 19.6. The fourth-order valence-electron chi connectivity index (χ4n) is 5.54. The van der Waals surface area contributed by atoms with Crippen LogP contribution in [0, 0.1) is 6.07 Å². The SMILES string of the molecule is CCCCc1ccc(-c2[c]ccc3c2C(CCCC)(CCCC)c2ccccc2-3)cc1. The summed E-state index contributed by atoms with van der Waals surface area (Å²) in [5, 5.41) is 0. The van der Waals surface area contributed by atoms with Crippen molar-refractivity contribution in [3.05, 3.63) is 83.4 Å². The van der Waals surface area contributed by atoms with Crippen molar-refractivity contribution in [2.24, 2.45) is 0 Å². The molecule has 0 heteroatoms. The van der Waals surface area contributed by atoms with E-state index in [9.17, 15) is 0 Å². The predicted molar refractivity (Wildman–Crippen MR) is 135 cm³/mol. The Bertz CT molecular complexity index is 985. The molecule has 0 aliphatic heterocycles. The number of hydrogen-bond acceptors (Lipinski definition) is 0. The van der Waals surface area contributed by atoms with E-state index in [1.807, 2.05) is 0 Å². The molecule has 4 rings (SSSR count). The number of benzene rings is 3. The van der Waals surface area contributed by atoms with Gasteiger partial charge in [0.25, 0.3) is 0 Å². The first-order valence-electron chi connectivity index (χ1n) is 12.5. The molecule has 0 spiro atoms. The lowest BCUT2D eigenvalue weighted by Gasteiger charge is -2.34. The van der Waals surface area contributed by atoms with Crippen LogP contribution < -0.4 is 0 Å². The van der Waals surface area contributed by atoms with Crippen LogP contribution in [0.25, 0.3) is 22.3 Å². The van der Waals surface area contributed by atoms with Crippen LogP contribution >= 0.6 is 0 Å². The minimum atomic E-state index is 0.117. The molecule has 0 aromatic heterocycles. The number of rotatable bonds is 10. The molecular weight excluding hydrogens is 372 g/mol. The molecule has 0 nitrogen and oxygen atoms in total. The lowest BCUT2D eigenvalue weighted by atomic mass is 9.69. The fraction of sp³-hybridized carbons (Fsp3) is 0.419. The lowest BCUT2D eigenvalue weighted by molar-refractivity contribution is 0.415. The summed E-state index contributed by atoms with van der Waals surface area (Å²) in [7, 11) is 0. The summed E-state index contributed by atoms with van der Waals surface area (Å²) in [5.74, 6) is 0. The van der Waals surface area contributed by atoms with Gasteiger partial charge in [-0.15, -0.1) is 0 Å². The first-order chi connectivity index (χ1) is 15.2. The fourth-order valence-corrected chi connectivity index (χ4v) is 5.54. The second kappa shape index (κ2) is 9.86. The molecule has 1 aliphatic carbocycles. The predicted octanol–water partition coefficient (Wildman–Crippen LogP) is 9.14. The number of hydrogen-bond donors (Lipinski definition) is 0. The van der Waals surface area contributed by atoms with Gasteiger partial charge in [0.2, 0.25) is 0 Å². The van der Waals surface area contributed by atoms with Gasteiger partial charge in [-0.2, -0.15) is 0 Å². The van der Waals surface area contributed by atoms with Gasteiger partial charge in [-0.05, 0) is 70.7 Å². The molecule has 0 fully saturated rings. The van der Waals surface area contributed by atoms with Crippen LogP contribution in [0.5, 0.6) is 0 Å². The summed E-state index contributed by atoms with van der Waals surface area (Å²) >= 11 is 0. The highest BCUT2D eigenvalue weighted by molar-refractivity contribution is 5.88. The molecule has 0 saturated carbocycles. The van der Waals surface area contributed by atoms with Crippen molar-refractivity contribution in [2.75, 3.05) is 0 Å². The van der Waals surface area contributed by atoms with E-state index in [1.54, 1.807) is 11.1 Å². The van der Waals surface area contributed by atoms with Crippen molar-refractivity contribution in [3.63, 3.8) is 0 Å². The van der Waals surface area contributed by atoms with Gasteiger partial charge in [-0.25, -0.2) is 0 Å². The van der Waals surface area contributed by atoms with Crippen LogP contribution in [0.4, 0.5) is 0 Å². The van der Waals surface area contributed by atoms with Crippen molar-refractivity contribution in [2.45, 2.75) is 84.0 Å². The van der Waals surface area contributed by atoms with E-state index in [0.717, 1.165) is 0 Å². The first kappa shape index (κ1) is 21.9. The molecule has 0 bridgehead atoms. The Kier molecular flexibility index (Phi) is 6.96. The Morgan fingerprint density at radius 3 is 2.06 bits per heavy atom. The Labute approximate surface area is 189 Å². The highest BCUT2D eigenvalue weighted by Crippen LogP contribution is 2.56. The molecule has 3 aromatic carbocycles. The Balaban J connectivity index is 1.87. The van der Waals surface area contributed by atoms with Crippen molar-refractivity contribution < 1.29 is 0 Å². The van der Waals surface area contributed by atoms with Gasteiger partial charge in [0, 0.05) is 5.41 Å². The Morgan fingerprint density at radius 2 is 1.39 bits per heavy atom. The molecule has 0 unspecified atom stereocenters. The number of fused-ring (bicyclic) bond motifs is 3. The standard InChI is InChI=1S/C31H37/c1-4-7-13-24-18-20-25(21-19-24)26-15-12-16-28-27-14-10-11-17-29(27)31(30(26)28,22-8-5-2)23-9-6-3/h10-12,14,16-21H,4-9,13,22-23H2,1-3H3. The van der Waals surface area contributed by atoms with Crippen molar-refractivity contribution in [3.8, 4) is 22.3 Å². The molecule has 31 heavy (non-hydrogen) atoms. The van der Waals surface area contributed by atoms with E-state index in [2.05, 4.69) is 87.5 Å². The molecule has 0 saturated heterocycles.